The fourth-order valence-electron chi connectivity index (χ4n) is 1.92. The molecule has 5 heteroatoms. The van der Waals surface area contributed by atoms with Crippen LogP contribution in [0.15, 0.2) is 23.6 Å². The van der Waals surface area contributed by atoms with Crippen molar-refractivity contribution in [1.29, 1.82) is 0 Å². The van der Waals surface area contributed by atoms with Crippen LogP contribution in [-0.4, -0.2) is 17.0 Å². The number of aryl methyl sites for hydroxylation is 3. The number of anilines is 1. The van der Waals surface area contributed by atoms with Gasteiger partial charge in [-0.05, 0) is 43.3 Å². The maximum absolute atomic E-state index is 12.3. The van der Waals surface area contributed by atoms with Gasteiger partial charge in [-0.25, -0.2) is 4.79 Å². The van der Waals surface area contributed by atoms with Crippen LogP contribution in [0.4, 0.5) is 5.69 Å². The third kappa shape index (κ3) is 2.72. The molecular formula is C15H15NO3S. The Bertz CT molecular complexity index is 688. The highest BCUT2D eigenvalue weighted by atomic mass is 32.1. The topological polar surface area (TPSA) is 66.4 Å². The van der Waals surface area contributed by atoms with E-state index in [1.807, 2.05) is 26.0 Å². The second-order valence-electron chi connectivity index (χ2n) is 4.70. The maximum Gasteiger partial charge on any atom is 0.348 e. The van der Waals surface area contributed by atoms with Crippen LogP contribution in [-0.2, 0) is 0 Å². The molecular weight excluding hydrogens is 274 g/mol. The van der Waals surface area contributed by atoms with Crippen molar-refractivity contribution in [2.45, 2.75) is 20.8 Å². The summed E-state index contributed by atoms with van der Waals surface area (Å²) in [5.74, 6) is -1.31. The number of carbonyl (C=O) groups excluding carboxylic acids is 1. The van der Waals surface area contributed by atoms with Gasteiger partial charge in [-0.15, -0.1) is 11.3 Å². The molecule has 0 unspecified atom stereocenters. The number of hydrogen-bond donors (Lipinski definition) is 2. The Labute approximate surface area is 121 Å². The quantitative estimate of drug-likeness (QED) is 0.906. The van der Waals surface area contributed by atoms with Gasteiger partial charge in [0.05, 0.1) is 5.69 Å². The lowest BCUT2D eigenvalue weighted by atomic mass is 10.0. The van der Waals surface area contributed by atoms with Crippen LogP contribution in [0, 0.1) is 20.8 Å². The number of carboxylic acids is 1. The highest BCUT2D eigenvalue weighted by Crippen LogP contribution is 2.28. The summed E-state index contributed by atoms with van der Waals surface area (Å²) in [7, 11) is 0. The van der Waals surface area contributed by atoms with E-state index in [9.17, 15) is 9.59 Å². The molecule has 1 aromatic carbocycles. The second kappa shape index (κ2) is 5.46. The van der Waals surface area contributed by atoms with E-state index in [1.54, 1.807) is 18.4 Å². The number of aromatic carboxylic acids is 1. The van der Waals surface area contributed by atoms with Gasteiger partial charge in [-0.3, -0.25) is 4.79 Å². The number of hydrogen-bond acceptors (Lipinski definition) is 3. The van der Waals surface area contributed by atoms with Crippen molar-refractivity contribution in [3.63, 3.8) is 0 Å². The molecule has 0 bridgehead atoms. The standard InChI is InChI=1S/C15H15NO3S/c1-8-4-5-9(2)11(6-8)14(17)16-12-10(3)7-20-13(12)15(18)19/h4-7H,1-3H3,(H,16,17)(H,18,19). The Morgan fingerprint density at radius 3 is 2.50 bits per heavy atom. The van der Waals surface area contributed by atoms with Crippen LogP contribution >= 0.6 is 11.3 Å². The minimum absolute atomic E-state index is 0.154. The van der Waals surface area contributed by atoms with Crippen molar-refractivity contribution >= 4 is 28.9 Å². The molecule has 104 valence electrons. The number of rotatable bonds is 3. The van der Waals surface area contributed by atoms with Crippen molar-refractivity contribution < 1.29 is 14.7 Å². The van der Waals surface area contributed by atoms with Gasteiger partial charge >= 0.3 is 5.97 Å². The monoisotopic (exact) mass is 289 g/mol. The maximum atomic E-state index is 12.3. The van der Waals surface area contributed by atoms with E-state index in [4.69, 9.17) is 5.11 Å². The van der Waals surface area contributed by atoms with E-state index in [0.717, 1.165) is 28.0 Å². The molecule has 0 radical (unpaired) electrons. The Morgan fingerprint density at radius 2 is 1.85 bits per heavy atom. The first-order valence-electron chi connectivity index (χ1n) is 6.10. The largest absolute Gasteiger partial charge is 0.477 e. The molecule has 0 saturated heterocycles. The van der Waals surface area contributed by atoms with Crippen molar-refractivity contribution in [2.24, 2.45) is 0 Å². The molecule has 0 saturated carbocycles. The number of thiophene rings is 1. The van der Waals surface area contributed by atoms with Gasteiger partial charge in [0.1, 0.15) is 4.88 Å². The predicted molar refractivity (Wildman–Crippen MR) is 79.9 cm³/mol. The first kappa shape index (κ1) is 14.3. The van der Waals surface area contributed by atoms with Gasteiger partial charge in [-0.2, -0.15) is 0 Å². The van der Waals surface area contributed by atoms with Crippen LogP contribution in [0.25, 0.3) is 0 Å². The minimum Gasteiger partial charge on any atom is -0.477 e. The molecule has 2 rings (SSSR count). The lowest BCUT2D eigenvalue weighted by Crippen LogP contribution is -2.15. The molecule has 20 heavy (non-hydrogen) atoms. The van der Waals surface area contributed by atoms with Gasteiger partial charge in [0.2, 0.25) is 0 Å². The molecule has 2 aromatic rings. The summed E-state index contributed by atoms with van der Waals surface area (Å²) in [6, 6.07) is 5.61. The molecule has 0 spiro atoms. The molecule has 4 nitrogen and oxygen atoms in total. The summed E-state index contributed by atoms with van der Waals surface area (Å²) in [6.45, 7) is 5.54. The van der Waals surface area contributed by atoms with Crippen LogP contribution in [0.5, 0.6) is 0 Å². The summed E-state index contributed by atoms with van der Waals surface area (Å²) in [6.07, 6.45) is 0. The highest BCUT2D eigenvalue weighted by molar-refractivity contribution is 7.12. The molecule has 0 aliphatic carbocycles. The number of carboxylic acid groups (broad SMARTS) is 1. The summed E-state index contributed by atoms with van der Waals surface area (Å²) in [5, 5.41) is 13.6. The average molecular weight is 289 g/mol. The molecule has 0 aliphatic rings. The van der Waals surface area contributed by atoms with Crippen molar-refractivity contribution in [1.82, 2.24) is 0 Å². The SMILES string of the molecule is Cc1ccc(C)c(C(=O)Nc2c(C)csc2C(=O)O)c1. The van der Waals surface area contributed by atoms with Crippen LogP contribution in [0.2, 0.25) is 0 Å². The molecule has 1 amide bonds. The van der Waals surface area contributed by atoms with Crippen LogP contribution < -0.4 is 5.32 Å². The van der Waals surface area contributed by atoms with Gasteiger partial charge in [0.15, 0.2) is 0 Å². The smallest absolute Gasteiger partial charge is 0.348 e. The Balaban J connectivity index is 2.35. The molecule has 1 heterocycles. The molecule has 0 aliphatic heterocycles. The van der Waals surface area contributed by atoms with Crippen LogP contribution in [0.1, 0.15) is 36.7 Å². The number of amides is 1. The number of carbonyl (C=O) groups is 2. The zero-order chi connectivity index (χ0) is 14.9. The van der Waals surface area contributed by atoms with Crippen LogP contribution in [0.3, 0.4) is 0 Å². The molecule has 2 N–H and O–H groups in total. The Morgan fingerprint density at radius 1 is 1.15 bits per heavy atom. The average Bonchev–Trinajstić information content (AvgIpc) is 2.74. The minimum atomic E-state index is -1.03. The van der Waals surface area contributed by atoms with Crippen molar-refractivity contribution in [2.75, 3.05) is 5.32 Å². The fourth-order valence-corrected chi connectivity index (χ4v) is 2.76. The number of nitrogens with one attached hydrogen (secondary N) is 1. The van der Waals surface area contributed by atoms with E-state index in [0.29, 0.717) is 11.3 Å². The zero-order valence-electron chi connectivity index (χ0n) is 11.5. The van der Waals surface area contributed by atoms with E-state index in [-0.39, 0.29) is 10.8 Å². The Kier molecular flexibility index (Phi) is 3.90. The number of benzene rings is 1. The van der Waals surface area contributed by atoms with Gasteiger partial charge < -0.3 is 10.4 Å². The fraction of sp³-hybridized carbons (Fsp3) is 0.200. The van der Waals surface area contributed by atoms with E-state index >= 15 is 0 Å². The summed E-state index contributed by atoms with van der Waals surface area (Å²) in [5.41, 5.74) is 3.55. The summed E-state index contributed by atoms with van der Waals surface area (Å²) >= 11 is 1.11. The van der Waals surface area contributed by atoms with Crippen molar-refractivity contribution in [3.8, 4) is 0 Å². The van der Waals surface area contributed by atoms with E-state index in [2.05, 4.69) is 5.32 Å². The van der Waals surface area contributed by atoms with Gasteiger partial charge in [-0.1, -0.05) is 17.7 Å². The first-order chi connectivity index (χ1) is 9.40. The predicted octanol–water partition coefficient (Wildman–Crippen LogP) is 3.62. The lowest BCUT2D eigenvalue weighted by molar-refractivity contribution is 0.0703. The van der Waals surface area contributed by atoms with E-state index in [1.165, 1.54) is 0 Å². The lowest BCUT2D eigenvalue weighted by Gasteiger charge is -2.09. The Hall–Kier alpha value is -2.14. The summed E-state index contributed by atoms with van der Waals surface area (Å²) < 4.78 is 0. The highest BCUT2D eigenvalue weighted by Gasteiger charge is 2.18. The third-order valence-electron chi connectivity index (χ3n) is 3.05. The van der Waals surface area contributed by atoms with E-state index < -0.39 is 5.97 Å². The van der Waals surface area contributed by atoms with Gasteiger partial charge in [0.25, 0.3) is 5.91 Å². The molecule has 0 atom stereocenters. The van der Waals surface area contributed by atoms with Crippen molar-refractivity contribution in [3.05, 3.63) is 50.7 Å². The van der Waals surface area contributed by atoms with Gasteiger partial charge in [0, 0.05) is 5.56 Å². The molecule has 1 aromatic heterocycles. The first-order valence-corrected chi connectivity index (χ1v) is 6.98. The zero-order valence-corrected chi connectivity index (χ0v) is 12.3. The third-order valence-corrected chi connectivity index (χ3v) is 4.13. The normalized spacial score (nSPS) is 10.3. The summed E-state index contributed by atoms with van der Waals surface area (Å²) in [4.78, 5) is 23.6. The second-order valence-corrected chi connectivity index (χ2v) is 5.58. The molecule has 0 fully saturated rings.